The molecule has 3 heterocycles. The van der Waals surface area contributed by atoms with E-state index in [-0.39, 0.29) is 46.2 Å². The lowest BCUT2D eigenvalue weighted by Gasteiger charge is -2.57. The third-order valence-corrected chi connectivity index (χ3v) is 12.0. The molecule has 6 aromatic rings. The lowest BCUT2D eigenvalue weighted by Crippen LogP contribution is -2.75. The smallest absolute Gasteiger partial charge is 0.314 e. The van der Waals surface area contributed by atoms with Crippen molar-refractivity contribution in [3.63, 3.8) is 0 Å². The normalized spacial score (nSPS) is 27.3. The fraction of sp³-hybridized carbons (Fsp3) is 0.345. The van der Waals surface area contributed by atoms with E-state index in [1.54, 1.807) is 7.11 Å². The lowest BCUT2D eigenvalue weighted by atomic mass is 9.93. The molecule has 3 fully saturated rings. The summed E-state index contributed by atoms with van der Waals surface area (Å²) >= 11 is 0. The first-order valence-corrected chi connectivity index (χ1v) is 22.7. The van der Waals surface area contributed by atoms with Gasteiger partial charge in [-0.25, -0.2) is 0 Å². The van der Waals surface area contributed by atoms with Crippen LogP contribution in [0, 0.1) is 0 Å². The van der Waals surface area contributed by atoms with Gasteiger partial charge in [0.1, 0.15) is 42.7 Å². The number of fused-ring (bicyclic) bond motifs is 1. The predicted octanol–water partition coefficient (Wildman–Crippen LogP) is 8.97. The van der Waals surface area contributed by atoms with Crippen LogP contribution in [0.25, 0.3) is 0 Å². The summed E-state index contributed by atoms with van der Waals surface area (Å²) in [6.45, 7) is 1.79. The summed E-state index contributed by atoms with van der Waals surface area (Å²) in [5.74, 6) is -1.87. The van der Waals surface area contributed by atoms with E-state index >= 15 is 0 Å². The monoisotopic (exact) mass is 894 g/mol. The van der Waals surface area contributed by atoms with Gasteiger partial charge in [-0.3, -0.25) is 0 Å². The van der Waals surface area contributed by atoms with Crippen molar-refractivity contribution in [2.24, 2.45) is 0 Å². The Morgan fingerprint density at radius 1 is 0.439 bits per heavy atom. The summed E-state index contributed by atoms with van der Waals surface area (Å²) in [4.78, 5) is 0. The third kappa shape index (κ3) is 11.7. The fourth-order valence-corrected chi connectivity index (χ4v) is 8.68. The molecule has 11 heteroatoms. The molecule has 3 aliphatic rings. The Kier molecular flexibility index (Phi) is 16.1. The van der Waals surface area contributed by atoms with Crippen LogP contribution in [0.15, 0.2) is 182 Å². The zero-order valence-electron chi connectivity index (χ0n) is 37.2. The quantitative estimate of drug-likeness (QED) is 0.0735. The van der Waals surface area contributed by atoms with E-state index in [0.717, 1.165) is 33.4 Å². The van der Waals surface area contributed by atoms with E-state index in [2.05, 4.69) is 0 Å². The molecule has 9 rings (SSSR count). The largest absolute Gasteiger partial charge is 0.374 e. The van der Waals surface area contributed by atoms with Crippen LogP contribution in [0.3, 0.4) is 0 Å². The highest BCUT2D eigenvalue weighted by atomic mass is 16.9. The molecule has 0 unspecified atom stereocenters. The first-order valence-electron chi connectivity index (χ1n) is 22.7. The third-order valence-electron chi connectivity index (χ3n) is 12.0. The summed E-state index contributed by atoms with van der Waals surface area (Å²) in [5.41, 5.74) is 5.91. The standard InChI is InChI=1S/C55H58O11/c1-56-54-52(61-36-44-28-16-6-17-29-44)50(59-34-42-24-12-4-13-25-42)49-46(64-54)39-63-55(66-49)53(62-37-45-30-18-7-19-31-45)51(60-35-43-26-14-5-15-27-43)48(58-33-41-22-10-3-11-23-41)47(65-55)38-57-32-40-20-8-2-9-21-40/h2-31,46-54H,32-39H2,1H3/t46-,47-,48-,49-,50+,51+,52-,53-,54+,55+/m1/s1. The van der Waals surface area contributed by atoms with Gasteiger partial charge in [-0.1, -0.05) is 182 Å². The zero-order chi connectivity index (χ0) is 44.8. The molecule has 0 aromatic heterocycles. The molecule has 0 radical (unpaired) electrons. The lowest BCUT2D eigenvalue weighted by molar-refractivity contribution is -0.517. The minimum atomic E-state index is -1.87. The van der Waals surface area contributed by atoms with Crippen LogP contribution in [0.5, 0.6) is 0 Å². The zero-order valence-corrected chi connectivity index (χ0v) is 37.2. The van der Waals surface area contributed by atoms with Gasteiger partial charge in [-0.15, -0.1) is 0 Å². The SMILES string of the molecule is CO[C@H]1O[C@@H]2CO[C@]3(O[C@H]2[C@H](OCc2ccccc2)[C@H]1OCc1ccccc1)O[C@H](COCc1ccccc1)[C@@H](OCc1ccccc1)[C@H](OCc1ccccc1)[C@H]3OCc1ccccc1. The van der Waals surface area contributed by atoms with Crippen molar-refractivity contribution in [2.45, 2.75) is 101 Å². The summed E-state index contributed by atoms with van der Waals surface area (Å²) in [5, 5.41) is 0. The first kappa shape index (κ1) is 46.0. The molecular weight excluding hydrogens is 837 g/mol. The van der Waals surface area contributed by atoms with E-state index in [1.165, 1.54) is 0 Å². The van der Waals surface area contributed by atoms with Crippen LogP contribution in [0.1, 0.15) is 33.4 Å². The first-order chi connectivity index (χ1) is 32.6. The maximum atomic E-state index is 7.34. The van der Waals surface area contributed by atoms with Gasteiger partial charge in [-0.2, -0.15) is 0 Å². The maximum absolute atomic E-state index is 7.34. The van der Waals surface area contributed by atoms with Gasteiger partial charge in [-0.05, 0) is 33.4 Å². The van der Waals surface area contributed by atoms with Crippen molar-refractivity contribution in [3.8, 4) is 0 Å². The number of methoxy groups -OCH3 is 1. The predicted molar refractivity (Wildman–Crippen MR) is 245 cm³/mol. The highest BCUT2D eigenvalue weighted by molar-refractivity contribution is 5.18. The van der Waals surface area contributed by atoms with E-state index in [1.807, 2.05) is 182 Å². The van der Waals surface area contributed by atoms with Crippen LogP contribution < -0.4 is 0 Å². The second-order valence-electron chi connectivity index (χ2n) is 16.7. The average molecular weight is 895 g/mol. The molecule has 0 amide bonds. The van der Waals surface area contributed by atoms with Crippen molar-refractivity contribution in [3.05, 3.63) is 215 Å². The van der Waals surface area contributed by atoms with Gasteiger partial charge < -0.3 is 52.1 Å². The highest BCUT2D eigenvalue weighted by Gasteiger charge is 2.65. The molecule has 3 aliphatic heterocycles. The average Bonchev–Trinajstić information content (AvgIpc) is 3.38. The number of ether oxygens (including phenoxy) is 11. The summed E-state index contributed by atoms with van der Waals surface area (Å²) < 4.78 is 75.2. The van der Waals surface area contributed by atoms with Crippen molar-refractivity contribution >= 4 is 0 Å². The van der Waals surface area contributed by atoms with Crippen LogP contribution in [0.2, 0.25) is 0 Å². The summed E-state index contributed by atoms with van der Waals surface area (Å²) in [6.07, 6.45) is -6.97. The molecule has 10 atom stereocenters. The molecule has 0 bridgehead atoms. The summed E-state index contributed by atoms with van der Waals surface area (Å²) in [7, 11) is 1.60. The molecule has 11 nitrogen and oxygen atoms in total. The number of hydrogen-bond donors (Lipinski definition) is 0. The number of hydrogen-bond acceptors (Lipinski definition) is 11. The number of benzene rings is 6. The van der Waals surface area contributed by atoms with Crippen molar-refractivity contribution < 1.29 is 52.1 Å². The molecule has 66 heavy (non-hydrogen) atoms. The van der Waals surface area contributed by atoms with Gasteiger partial charge in [0.15, 0.2) is 12.4 Å². The van der Waals surface area contributed by atoms with Crippen LogP contribution >= 0.6 is 0 Å². The Morgan fingerprint density at radius 3 is 1.29 bits per heavy atom. The van der Waals surface area contributed by atoms with E-state index in [4.69, 9.17) is 52.1 Å². The van der Waals surface area contributed by atoms with Gasteiger partial charge in [0.05, 0.1) is 52.9 Å². The molecule has 3 saturated heterocycles. The van der Waals surface area contributed by atoms with E-state index < -0.39 is 61.1 Å². The van der Waals surface area contributed by atoms with Crippen LogP contribution in [0.4, 0.5) is 0 Å². The minimum absolute atomic E-state index is 0.0465. The molecule has 0 N–H and O–H groups in total. The van der Waals surface area contributed by atoms with Crippen molar-refractivity contribution in [1.82, 2.24) is 0 Å². The molecule has 0 saturated carbocycles. The number of rotatable bonds is 20. The van der Waals surface area contributed by atoms with E-state index in [0.29, 0.717) is 6.61 Å². The Morgan fingerprint density at radius 2 is 0.833 bits per heavy atom. The Labute approximate surface area is 387 Å². The van der Waals surface area contributed by atoms with E-state index in [9.17, 15) is 0 Å². The fourth-order valence-electron chi connectivity index (χ4n) is 8.68. The second kappa shape index (κ2) is 23.1. The summed E-state index contributed by atoms with van der Waals surface area (Å²) in [6, 6.07) is 60.1. The van der Waals surface area contributed by atoms with Gasteiger partial charge in [0.25, 0.3) is 0 Å². The van der Waals surface area contributed by atoms with Gasteiger partial charge in [0, 0.05) is 7.11 Å². The Balaban J connectivity index is 1.10. The molecular formula is C55H58O11. The van der Waals surface area contributed by atoms with Gasteiger partial charge in [0.2, 0.25) is 0 Å². The minimum Gasteiger partial charge on any atom is -0.374 e. The highest BCUT2D eigenvalue weighted by Crippen LogP contribution is 2.45. The van der Waals surface area contributed by atoms with Crippen LogP contribution in [-0.4, -0.2) is 81.4 Å². The van der Waals surface area contributed by atoms with Gasteiger partial charge >= 0.3 is 5.97 Å². The maximum Gasteiger partial charge on any atom is 0.314 e. The van der Waals surface area contributed by atoms with Crippen molar-refractivity contribution in [1.29, 1.82) is 0 Å². The van der Waals surface area contributed by atoms with Crippen LogP contribution in [-0.2, 0) is 91.7 Å². The molecule has 344 valence electrons. The van der Waals surface area contributed by atoms with Crippen molar-refractivity contribution in [2.75, 3.05) is 20.3 Å². The second-order valence-corrected chi connectivity index (χ2v) is 16.7. The molecule has 6 aromatic carbocycles. The Hall–Kier alpha value is -5.12. The topological polar surface area (TPSA) is 102 Å². The molecule has 1 spiro atoms. The Bertz CT molecular complexity index is 2290. The molecule has 0 aliphatic carbocycles.